The van der Waals surface area contributed by atoms with E-state index in [0.29, 0.717) is 10.7 Å². The fourth-order valence-electron chi connectivity index (χ4n) is 2.92. The van der Waals surface area contributed by atoms with Gasteiger partial charge in [-0.2, -0.15) is 0 Å². The summed E-state index contributed by atoms with van der Waals surface area (Å²) < 4.78 is 6.82. The smallest absolute Gasteiger partial charge is 0.294 e. The molecule has 1 amide bonds. The number of nitro benzene ring substituents is 1. The Hall–Kier alpha value is -3.80. The second kappa shape index (κ2) is 10.4. The van der Waals surface area contributed by atoms with Crippen LogP contribution in [-0.4, -0.2) is 32.0 Å². The van der Waals surface area contributed by atoms with Crippen LogP contribution in [0, 0.1) is 10.1 Å². The second-order valence-corrected chi connectivity index (χ2v) is 8.32. The maximum Gasteiger partial charge on any atom is 0.294 e. The lowest BCUT2D eigenvalue weighted by atomic mass is 10.1. The van der Waals surface area contributed by atoms with Gasteiger partial charge in [-0.25, -0.2) is 10.4 Å². The SMILES string of the molecule is O=C(COc1cnccn1)N/N=c1/scc(-c2ccc(Cl)cc2)n1-c1ccc(Cl)cc1[N+](=O)[O-]. The lowest BCUT2D eigenvalue weighted by molar-refractivity contribution is -0.384. The van der Waals surface area contributed by atoms with Crippen molar-refractivity contribution >= 4 is 46.1 Å². The molecule has 2 aromatic heterocycles. The van der Waals surface area contributed by atoms with E-state index in [4.69, 9.17) is 27.9 Å². The zero-order valence-corrected chi connectivity index (χ0v) is 19.4. The number of hydrogen-bond acceptors (Lipinski definition) is 8. The van der Waals surface area contributed by atoms with Gasteiger partial charge in [0.25, 0.3) is 11.6 Å². The number of thiazole rings is 1. The van der Waals surface area contributed by atoms with Crippen LogP contribution in [-0.2, 0) is 4.79 Å². The summed E-state index contributed by atoms with van der Waals surface area (Å²) in [6.07, 6.45) is 4.28. The van der Waals surface area contributed by atoms with Crippen molar-refractivity contribution in [3.8, 4) is 22.8 Å². The topological polar surface area (TPSA) is 125 Å². The van der Waals surface area contributed by atoms with Gasteiger partial charge in [0.1, 0.15) is 5.69 Å². The summed E-state index contributed by atoms with van der Waals surface area (Å²) in [7, 11) is 0. The van der Waals surface area contributed by atoms with E-state index in [2.05, 4.69) is 20.5 Å². The molecule has 0 radical (unpaired) electrons. The molecule has 0 fully saturated rings. The summed E-state index contributed by atoms with van der Waals surface area (Å²) in [5.41, 5.74) is 3.75. The van der Waals surface area contributed by atoms with Gasteiger partial charge < -0.3 is 4.74 Å². The average Bonchev–Trinajstić information content (AvgIpc) is 3.26. The number of benzene rings is 2. The van der Waals surface area contributed by atoms with Crippen molar-refractivity contribution in [1.29, 1.82) is 0 Å². The fraction of sp³-hybridized carbons (Fsp3) is 0.0476. The van der Waals surface area contributed by atoms with Gasteiger partial charge in [0, 0.05) is 33.9 Å². The third kappa shape index (κ3) is 5.39. The van der Waals surface area contributed by atoms with E-state index >= 15 is 0 Å². The quantitative estimate of drug-likeness (QED) is 0.289. The van der Waals surface area contributed by atoms with Gasteiger partial charge >= 0.3 is 0 Å². The maximum atomic E-state index is 12.2. The van der Waals surface area contributed by atoms with Crippen molar-refractivity contribution in [1.82, 2.24) is 20.0 Å². The summed E-state index contributed by atoms with van der Waals surface area (Å²) in [6.45, 7) is -0.349. The lowest BCUT2D eigenvalue weighted by Crippen LogP contribution is -2.28. The molecule has 13 heteroatoms. The van der Waals surface area contributed by atoms with Crippen molar-refractivity contribution in [3.63, 3.8) is 0 Å². The molecule has 0 saturated heterocycles. The average molecular weight is 517 g/mol. The second-order valence-electron chi connectivity index (χ2n) is 6.62. The normalized spacial score (nSPS) is 11.3. The highest BCUT2D eigenvalue weighted by Crippen LogP contribution is 2.31. The monoisotopic (exact) mass is 516 g/mol. The van der Waals surface area contributed by atoms with Crippen LogP contribution < -0.4 is 15.0 Å². The number of nitrogens with one attached hydrogen (secondary N) is 1. The summed E-state index contributed by atoms with van der Waals surface area (Å²) >= 11 is 13.2. The molecular formula is C21H14Cl2N6O4S. The van der Waals surface area contributed by atoms with Gasteiger partial charge in [0.05, 0.1) is 16.8 Å². The molecule has 0 unspecified atom stereocenters. The Morgan fingerprint density at radius 1 is 1.18 bits per heavy atom. The summed E-state index contributed by atoms with van der Waals surface area (Å²) in [5.74, 6) is -0.366. The first kappa shape index (κ1) is 23.4. The van der Waals surface area contributed by atoms with Crippen LogP contribution >= 0.6 is 34.5 Å². The Balaban J connectivity index is 1.73. The van der Waals surface area contributed by atoms with Gasteiger partial charge in [0.2, 0.25) is 10.7 Å². The van der Waals surface area contributed by atoms with Crippen molar-refractivity contribution in [2.24, 2.45) is 5.10 Å². The molecule has 0 aliphatic carbocycles. The van der Waals surface area contributed by atoms with Crippen LogP contribution in [0.4, 0.5) is 5.69 Å². The zero-order chi connectivity index (χ0) is 24.1. The summed E-state index contributed by atoms with van der Waals surface area (Å²) in [5, 5.41) is 18.4. The Kier molecular flexibility index (Phi) is 7.16. The third-order valence-electron chi connectivity index (χ3n) is 4.39. The minimum atomic E-state index is -0.552. The first-order valence-electron chi connectivity index (χ1n) is 9.54. The van der Waals surface area contributed by atoms with Crippen molar-refractivity contribution < 1.29 is 14.5 Å². The highest BCUT2D eigenvalue weighted by atomic mass is 35.5. The number of ether oxygens (including phenoxy) is 1. The Morgan fingerprint density at radius 2 is 1.94 bits per heavy atom. The van der Waals surface area contributed by atoms with E-state index < -0.39 is 10.8 Å². The molecular weight excluding hydrogens is 503 g/mol. The molecule has 34 heavy (non-hydrogen) atoms. The number of halogens is 2. The van der Waals surface area contributed by atoms with Gasteiger partial charge in [-0.3, -0.25) is 24.5 Å². The predicted molar refractivity (Wildman–Crippen MR) is 127 cm³/mol. The molecule has 0 atom stereocenters. The van der Waals surface area contributed by atoms with E-state index in [-0.39, 0.29) is 33.7 Å². The number of rotatable bonds is 7. The fourth-order valence-corrected chi connectivity index (χ4v) is 4.07. The number of carbonyl (C=O) groups is 1. The number of nitrogens with zero attached hydrogens (tertiary/aromatic N) is 5. The minimum Gasteiger partial charge on any atom is -0.466 e. The number of aromatic nitrogens is 3. The van der Waals surface area contributed by atoms with Crippen LogP contribution in [0.15, 0.2) is 71.5 Å². The Labute approximate surface area is 206 Å². The first-order valence-corrected chi connectivity index (χ1v) is 11.2. The van der Waals surface area contributed by atoms with Crippen LogP contribution in [0.25, 0.3) is 16.9 Å². The minimum absolute atomic E-state index is 0.186. The zero-order valence-electron chi connectivity index (χ0n) is 17.1. The highest BCUT2D eigenvalue weighted by Gasteiger charge is 2.20. The Morgan fingerprint density at radius 3 is 2.65 bits per heavy atom. The van der Waals surface area contributed by atoms with Crippen molar-refractivity contribution in [2.75, 3.05) is 6.61 Å². The molecule has 2 aromatic carbocycles. The number of hydrogen-bond donors (Lipinski definition) is 1. The van der Waals surface area contributed by atoms with Crippen LogP contribution in [0.1, 0.15) is 0 Å². The molecule has 0 spiro atoms. The van der Waals surface area contributed by atoms with E-state index in [0.717, 1.165) is 5.56 Å². The van der Waals surface area contributed by atoms with Crippen molar-refractivity contribution in [2.45, 2.75) is 0 Å². The molecule has 4 aromatic rings. The van der Waals surface area contributed by atoms with E-state index in [9.17, 15) is 14.9 Å². The summed E-state index contributed by atoms with van der Waals surface area (Å²) in [4.78, 5) is 31.5. The highest BCUT2D eigenvalue weighted by molar-refractivity contribution is 7.07. The molecule has 1 N–H and O–H groups in total. The number of carbonyl (C=O) groups excluding carboxylic acids is 1. The number of amides is 1. The molecule has 172 valence electrons. The van der Waals surface area contributed by atoms with Crippen molar-refractivity contribution in [3.05, 3.63) is 91.4 Å². The van der Waals surface area contributed by atoms with Gasteiger partial charge in [-0.15, -0.1) is 16.4 Å². The Bertz CT molecular complexity index is 1410. The number of nitro groups is 1. The third-order valence-corrected chi connectivity index (χ3v) is 5.70. The first-order chi connectivity index (χ1) is 16.4. The van der Waals surface area contributed by atoms with E-state index in [1.165, 1.54) is 48.1 Å². The predicted octanol–water partition coefficient (Wildman–Crippen LogP) is 4.22. The molecule has 0 bridgehead atoms. The largest absolute Gasteiger partial charge is 0.466 e. The maximum absolute atomic E-state index is 12.2. The molecule has 0 saturated carbocycles. The van der Waals surface area contributed by atoms with Crippen LogP contribution in [0.5, 0.6) is 5.88 Å². The van der Waals surface area contributed by atoms with Crippen LogP contribution in [0.3, 0.4) is 0 Å². The van der Waals surface area contributed by atoms with Crippen LogP contribution in [0.2, 0.25) is 10.0 Å². The van der Waals surface area contributed by atoms with E-state index in [1.54, 1.807) is 34.2 Å². The van der Waals surface area contributed by atoms with Gasteiger partial charge in [0.15, 0.2) is 6.61 Å². The molecule has 10 nitrogen and oxygen atoms in total. The lowest BCUT2D eigenvalue weighted by Gasteiger charge is -2.10. The summed E-state index contributed by atoms with van der Waals surface area (Å²) in [6, 6.07) is 11.3. The molecule has 4 rings (SSSR count). The molecule has 2 heterocycles. The van der Waals surface area contributed by atoms with Gasteiger partial charge in [-0.05, 0) is 29.8 Å². The molecule has 0 aliphatic rings. The van der Waals surface area contributed by atoms with E-state index in [1.807, 2.05) is 0 Å². The van der Waals surface area contributed by atoms with Gasteiger partial charge in [-0.1, -0.05) is 35.3 Å². The molecule has 0 aliphatic heterocycles. The standard InChI is InChI=1S/C21H14Cl2N6O4S/c22-14-3-1-13(2-4-14)18-12-34-21(27-26-19(30)11-33-20-10-24-7-8-25-20)28(18)16-6-5-15(23)9-17(16)29(31)32/h1-10,12H,11H2,(H,26,30)/b27-21+.